The van der Waals surface area contributed by atoms with Crippen LogP contribution in [0.5, 0.6) is 0 Å². The fourth-order valence-corrected chi connectivity index (χ4v) is 3.05. The molecule has 0 saturated heterocycles. The molecule has 1 aliphatic rings. The molecule has 1 aliphatic heterocycles. The zero-order chi connectivity index (χ0) is 17.9. The van der Waals surface area contributed by atoms with E-state index in [-0.39, 0.29) is 11.1 Å². The Labute approximate surface area is 150 Å². The second kappa shape index (κ2) is 6.84. The van der Waals surface area contributed by atoms with E-state index < -0.39 is 5.91 Å². The quantitative estimate of drug-likeness (QED) is 0.710. The second-order valence-corrected chi connectivity index (χ2v) is 6.18. The number of H-pyrrole nitrogens is 1. The van der Waals surface area contributed by atoms with Crippen molar-refractivity contribution in [3.8, 4) is 0 Å². The van der Waals surface area contributed by atoms with Gasteiger partial charge in [-0.15, -0.1) is 0 Å². The molecular formula is C20H18N4O2. The van der Waals surface area contributed by atoms with Crippen molar-refractivity contribution < 1.29 is 4.79 Å². The number of carbonyl (C=O) groups excluding carboxylic acids is 1. The number of nitrogens with zero attached hydrogens (tertiary/aromatic N) is 2. The second-order valence-electron chi connectivity index (χ2n) is 6.18. The molecule has 0 fully saturated rings. The zero-order valence-corrected chi connectivity index (χ0v) is 14.1. The highest BCUT2D eigenvalue weighted by Gasteiger charge is 2.15. The summed E-state index contributed by atoms with van der Waals surface area (Å²) in [4.78, 5) is 27.1. The van der Waals surface area contributed by atoms with Crippen LogP contribution in [0.2, 0.25) is 0 Å². The van der Waals surface area contributed by atoms with Crippen LogP contribution >= 0.6 is 0 Å². The van der Waals surface area contributed by atoms with E-state index in [0.717, 1.165) is 24.3 Å². The lowest BCUT2D eigenvalue weighted by atomic mass is 10.1. The third-order valence-corrected chi connectivity index (χ3v) is 4.44. The Balaban J connectivity index is 1.50. The number of carbonyl (C=O) groups is 1. The summed E-state index contributed by atoms with van der Waals surface area (Å²) in [5, 5.41) is 9.93. The number of benzene rings is 2. The molecule has 4 rings (SSSR count). The maximum Gasteiger partial charge on any atom is 0.276 e. The first-order valence-electron chi connectivity index (χ1n) is 8.47. The number of para-hydroxylation sites is 1. The standard InChI is InChI=1S/C20H18N4O2/c25-19-16-8-1-2-9-17(16)22-23-18(19)20(26)21-13-14-6-5-7-15(12-14)24-10-3-4-11-24/h1-9,12H,10-11,13H2,(H,21,26)(H,22,25). The van der Waals surface area contributed by atoms with Crippen molar-refractivity contribution in [3.63, 3.8) is 0 Å². The highest BCUT2D eigenvalue weighted by Crippen LogP contribution is 2.18. The monoisotopic (exact) mass is 346 g/mol. The van der Waals surface area contributed by atoms with Crippen LogP contribution in [0, 0.1) is 0 Å². The number of aromatic amines is 1. The van der Waals surface area contributed by atoms with Crippen LogP contribution in [-0.2, 0) is 6.54 Å². The van der Waals surface area contributed by atoms with E-state index in [1.165, 1.54) is 0 Å². The lowest BCUT2D eigenvalue weighted by Gasteiger charge is -2.18. The van der Waals surface area contributed by atoms with Gasteiger partial charge in [0.25, 0.3) is 5.91 Å². The molecule has 0 atom stereocenters. The molecule has 3 aromatic rings. The van der Waals surface area contributed by atoms with Crippen LogP contribution in [0.3, 0.4) is 0 Å². The van der Waals surface area contributed by atoms with Gasteiger partial charge in [-0.2, -0.15) is 5.10 Å². The number of aromatic nitrogens is 2. The van der Waals surface area contributed by atoms with E-state index in [1.54, 1.807) is 18.2 Å². The average molecular weight is 346 g/mol. The van der Waals surface area contributed by atoms with Crippen molar-refractivity contribution >= 4 is 22.5 Å². The largest absolute Gasteiger partial charge is 0.364 e. The lowest BCUT2D eigenvalue weighted by molar-refractivity contribution is 0.0944. The van der Waals surface area contributed by atoms with Gasteiger partial charge in [-0.3, -0.25) is 14.7 Å². The van der Waals surface area contributed by atoms with Crippen molar-refractivity contribution in [1.82, 2.24) is 15.5 Å². The lowest BCUT2D eigenvalue weighted by Crippen LogP contribution is -2.30. The van der Waals surface area contributed by atoms with Crippen LogP contribution in [-0.4, -0.2) is 29.2 Å². The van der Waals surface area contributed by atoms with Gasteiger partial charge in [0.15, 0.2) is 5.69 Å². The first-order chi connectivity index (χ1) is 12.7. The van der Waals surface area contributed by atoms with Gasteiger partial charge in [0.2, 0.25) is 5.43 Å². The molecule has 2 heterocycles. The molecule has 0 bridgehead atoms. The minimum absolute atomic E-state index is 0.122. The Morgan fingerprint density at radius 3 is 2.77 bits per heavy atom. The summed E-state index contributed by atoms with van der Waals surface area (Å²) >= 11 is 0. The molecule has 6 heteroatoms. The summed E-state index contributed by atoms with van der Waals surface area (Å²) in [6.45, 7) is 2.13. The molecule has 26 heavy (non-hydrogen) atoms. The highest BCUT2D eigenvalue weighted by molar-refractivity contribution is 5.95. The maximum atomic E-state index is 12.5. The van der Waals surface area contributed by atoms with Crippen molar-refractivity contribution in [3.05, 3.63) is 82.2 Å². The molecule has 6 nitrogen and oxygen atoms in total. The molecule has 130 valence electrons. The molecule has 2 aromatic carbocycles. The SMILES string of the molecule is O=C(NCc1cccc(N2CC=CC2)c1)c1n[nH]c2ccccc2c1=O. The first kappa shape index (κ1) is 16.1. The van der Waals surface area contributed by atoms with Crippen molar-refractivity contribution in [2.24, 2.45) is 0 Å². The van der Waals surface area contributed by atoms with Crippen LogP contribution in [0.15, 0.2) is 65.5 Å². The summed E-state index contributed by atoms with van der Waals surface area (Å²) in [5.74, 6) is -0.481. The van der Waals surface area contributed by atoms with Gasteiger partial charge in [0, 0.05) is 30.7 Å². The van der Waals surface area contributed by atoms with E-state index in [0.29, 0.717) is 17.4 Å². The third kappa shape index (κ3) is 3.09. The van der Waals surface area contributed by atoms with Crippen LogP contribution in [0.25, 0.3) is 10.9 Å². The van der Waals surface area contributed by atoms with Crippen LogP contribution < -0.4 is 15.6 Å². The Morgan fingerprint density at radius 2 is 1.92 bits per heavy atom. The Kier molecular flexibility index (Phi) is 4.23. The van der Waals surface area contributed by atoms with Crippen LogP contribution in [0.1, 0.15) is 16.1 Å². The summed E-state index contributed by atoms with van der Waals surface area (Å²) in [6, 6.07) is 15.0. The topological polar surface area (TPSA) is 78.1 Å². The van der Waals surface area contributed by atoms with Gasteiger partial charge in [-0.1, -0.05) is 36.4 Å². The summed E-state index contributed by atoms with van der Waals surface area (Å²) in [6.07, 6.45) is 4.26. The molecular weight excluding hydrogens is 328 g/mol. The van der Waals surface area contributed by atoms with Crippen LogP contribution in [0.4, 0.5) is 5.69 Å². The molecule has 0 spiro atoms. The number of hydrogen-bond donors (Lipinski definition) is 2. The molecule has 2 N–H and O–H groups in total. The minimum Gasteiger partial charge on any atom is -0.364 e. The minimum atomic E-state index is -0.481. The molecule has 0 radical (unpaired) electrons. The Hall–Kier alpha value is -3.41. The van der Waals surface area contributed by atoms with Crippen molar-refractivity contribution in [2.75, 3.05) is 18.0 Å². The normalized spacial score (nSPS) is 13.3. The zero-order valence-electron chi connectivity index (χ0n) is 14.1. The summed E-state index contributed by atoms with van der Waals surface area (Å²) < 4.78 is 0. The van der Waals surface area contributed by atoms with Gasteiger partial charge < -0.3 is 10.2 Å². The average Bonchev–Trinajstić information content (AvgIpc) is 3.22. The fourth-order valence-electron chi connectivity index (χ4n) is 3.05. The third-order valence-electron chi connectivity index (χ3n) is 4.44. The van der Waals surface area contributed by atoms with Gasteiger partial charge in [0.1, 0.15) is 0 Å². The van der Waals surface area contributed by atoms with E-state index in [9.17, 15) is 9.59 Å². The predicted octanol–water partition coefficient (Wildman–Crippen LogP) is 2.23. The predicted molar refractivity (Wildman–Crippen MR) is 101 cm³/mol. The molecule has 1 aromatic heterocycles. The highest BCUT2D eigenvalue weighted by atomic mass is 16.2. The number of fused-ring (bicyclic) bond motifs is 1. The molecule has 0 aliphatic carbocycles. The van der Waals surface area contributed by atoms with Crippen molar-refractivity contribution in [1.29, 1.82) is 0 Å². The summed E-state index contributed by atoms with van der Waals surface area (Å²) in [7, 11) is 0. The van der Waals surface area contributed by atoms with E-state index in [1.807, 2.05) is 30.3 Å². The van der Waals surface area contributed by atoms with Gasteiger partial charge in [-0.25, -0.2) is 0 Å². The Bertz CT molecular complexity index is 1050. The van der Waals surface area contributed by atoms with E-state index in [2.05, 4.69) is 32.6 Å². The van der Waals surface area contributed by atoms with Gasteiger partial charge in [0.05, 0.1) is 5.52 Å². The Morgan fingerprint density at radius 1 is 1.12 bits per heavy atom. The molecule has 0 saturated carbocycles. The van der Waals surface area contributed by atoms with Gasteiger partial charge in [-0.05, 0) is 29.8 Å². The molecule has 0 unspecified atom stereocenters. The summed E-state index contributed by atoms with van der Waals surface area (Å²) in [5.41, 5.74) is 2.21. The molecule has 1 amide bonds. The number of amides is 1. The van der Waals surface area contributed by atoms with E-state index in [4.69, 9.17) is 0 Å². The van der Waals surface area contributed by atoms with Gasteiger partial charge >= 0.3 is 0 Å². The fraction of sp³-hybridized carbons (Fsp3) is 0.150. The number of hydrogen-bond acceptors (Lipinski definition) is 4. The van der Waals surface area contributed by atoms with E-state index >= 15 is 0 Å². The number of anilines is 1. The van der Waals surface area contributed by atoms with Crippen molar-refractivity contribution in [2.45, 2.75) is 6.54 Å². The first-order valence-corrected chi connectivity index (χ1v) is 8.47. The maximum absolute atomic E-state index is 12.5. The smallest absolute Gasteiger partial charge is 0.276 e. The number of rotatable bonds is 4. The number of nitrogens with one attached hydrogen (secondary N) is 2.